The Morgan fingerprint density at radius 1 is 1.07 bits per heavy atom. The van der Waals surface area contributed by atoms with Crippen molar-refractivity contribution in [2.24, 2.45) is 4.99 Å². The van der Waals surface area contributed by atoms with Crippen molar-refractivity contribution in [1.29, 1.82) is 0 Å². The quantitative estimate of drug-likeness (QED) is 0.257. The van der Waals surface area contributed by atoms with E-state index in [0.29, 0.717) is 6.26 Å². The summed E-state index contributed by atoms with van der Waals surface area (Å²) in [6.07, 6.45) is 1.90. The Bertz CT molecular complexity index is 1010. The van der Waals surface area contributed by atoms with Gasteiger partial charge in [-0.15, -0.1) is 0 Å². The summed E-state index contributed by atoms with van der Waals surface area (Å²) < 4.78 is 30.3. The van der Waals surface area contributed by atoms with Gasteiger partial charge in [0.15, 0.2) is 5.75 Å². The number of aliphatic hydroxyl groups is 1. The van der Waals surface area contributed by atoms with Crippen LogP contribution in [-0.4, -0.2) is 31.1 Å². The lowest BCUT2D eigenvalue weighted by Gasteiger charge is -2.13. The van der Waals surface area contributed by atoms with E-state index >= 15 is 0 Å². The number of hydrogen-bond donors (Lipinski definition) is 1. The number of aryl methyl sites for hydroxylation is 1. The summed E-state index contributed by atoms with van der Waals surface area (Å²) in [4.78, 5) is 17.0. The van der Waals surface area contributed by atoms with Crippen LogP contribution in [0.4, 0.5) is 0 Å². The number of allylic oxidation sites excluding steroid dienone is 1. The van der Waals surface area contributed by atoms with Gasteiger partial charge in [-0.2, -0.15) is 8.42 Å². The zero-order valence-corrected chi connectivity index (χ0v) is 17.0. The summed E-state index contributed by atoms with van der Waals surface area (Å²) in [6.45, 7) is 7.36. The number of Topliss-reactive ketones (excluding diaryl/α,β-unsaturated/α-hetero) is 1. The number of carbonyl (C=O) groups excluding carboxylic acids is 1. The number of aliphatic hydroxyl groups excluding tert-OH is 1. The second-order valence-corrected chi connectivity index (χ2v) is 8.74. The zero-order valence-electron chi connectivity index (χ0n) is 16.2. The maximum absolute atomic E-state index is 12.8. The van der Waals surface area contributed by atoms with E-state index in [1.807, 2.05) is 27.7 Å². The maximum Gasteiger partial charge on any atom is 0.339 e. The van der Waals surface area contributed by atoms with Crippen LogP contribution >= 0.6 is 0 Å². The number of aliphatic imine (C=N–C) groups is 1. The predicted molar refractivity (Wildman–Crippen MR) is 109 cm³/mol. The van der Waals surface area contributed by atoms with Gasteiger partial charge in [-0.05, 0) is 52.0 Å². The molecule has 0 unspecified atom stereocenters. The molecule has 2 aromatic rings. The molecule has 7 heteroatoms. The molecule has 0 saturated heterocycles. The normalized spacial score (nSPS) is 12.9. The zero-order chi connectivity index (χ0) is 20.9. The lowest BCUT2D eigenvalue weighted by molar-refractivity contribution is 0.103. The van der Waals surface area contributed by atoms with Gasteiger partial charge in [0.05, 0.1) is 22.9 Å². The average molecular weight is 401 g/mol. The lowest BCUT2D eigenvalue weighted by atomic mass is 10.0. The highest BCUT2D eigenvalue weighted by Crippen LogP contribution is 2.25. The molecule has 0 atom stereocenters. The number of rotatable bonds is 6. The molecule has 28 heavy (non-hydrogen) atoms. The van der Waals surface area contributed by atoms with Gasteiger partial charge in [-0.25, -0.2) is 0 Å². The van der Waals surface area contributed by atoms with E-state index in [-0.39, 0.29) is 21.8 Å². The molecule has 2 rings (SSSR count). The van der Waals surface area contributed by atoms with Crippen molar-refractivity contribution in [2.75, 3.05) is 0 Å². The Morgan fingerprint density at radius 2 is 1.68 bits per heavy atom. The molecule has 0 amide bonds. The van der Waals surface area contributed by atoms with Crippen LogP contribution < -0.4 is 4.18 Å². The van der Waals surface area contributed by atoms with Crippen LogP contribution in [0.15, 0.2) is 70.3 Å². The van der Waals surface area contributed by atoms with E-state index in [1.165, 1.54) is 30.5 Å². The highest BCUT2D eigenvalue weighted by Gasteiger charge is 2.22. The van der Waals surface area contributed by atoms with Gasteiger partial charge in [0.25, 0.3) is 0 Å². The first-order chi connectivity index (χ1) is 13.0. The number of benzene rings is 2. The Labute approximate surface area is 165 Å². The van der Waals surface area contributed by atoms with Crippen molar-refractivity contribution in [2.45, 2.75) is 38.1 Å². The van der Waals surface area contributed by atoms with Gasteiger partial charge < -0.3 is 9.29 Å². The summed E-state index contributed by atoms with van der Waals surface area (Å²) in [5, 5.41) is 9.45. The molecule has 0 saturated carbocycles. The van der Waals surface area contributed by atoms with Crippen LogP contribution in [0.1, 0.15) is 36.7 Å². The molecular formula is C21H23NO5S. The Hall–Kier alpha value is -2.93. The number of ketones is 1. The van der Waals surface area contributed by atoms with E-state index in [1.54, 1.807) is 24.3 Å². The topological polar surface area (TPSA) is 93.0 Å². The van der Waals surface area contributed by atoms with Crippen molar-refractivity contribution < 1.29 is 22.5 Å². The monoisotopic (exact) mass is 401 g/mol. The molecule has 0 aliphatic rings. The van der Waals surface area contributed by atoms with E-state index in [4.69, 9.17) is 4.18 Å². The van der Waals surface area contributed by atoms with E-state index in [2.05, 4.69) is 4.99 Å². The third-order valence-corrected chi connectivity index (χ3v) is 4.88. The van der Waals surface area contributed by atoms with Gasteiger partial charge in [0.2, 0.25) is 5.78 Å². The van der Waals surface area contributed by atoms with Crippen molar-refractivity contribution >= 4 is 22.1 Å². The van der Waals surface area contributed by atoms with Gasteiger partial charge in [0, 0.05) is 6.21 Å². The number of carbonyl (C=O) groups is 1. The highest BCUT2D eigenvalue weighted by atomic mass is 32.2. The average Bonchev–Trinajstić information content (AvgIpc) is 2.61. The summed E-state index contributed by atoms with van der Waals surface area (Å²) >= 11 is 0. The Kier molecular flexibility index (Phi) is 6.41. The van der Waals surface area contributed by atoms with Crippen molar-refractivity contribution in [1.82, 2.24) is 0 Å². The Balaban J connectivity index is 2.38. The second kappa shape index (κ2) is 8.39. The fraction of sp³-hybridized carbons (Fsp3) is 0.238. The minimum absolute atomic E-state index is 0.00107. The molecule has 0 aliphatic heterocycles. The molecule has 0 spiro atoms. The maximum atomic E-state index is 12.8. The fourth-order valence-corrected chi connectivity index (χ4v) is 3.11. The SMILES string of the molecule is Cc1ccc(S(=O)(=O)Oc2ccccc2C(=O)/C(C=NC(C)(C)C)=C/O)cc1. The molecule has 1 N–H and O–H groups in total. The highest BCUT2D eigenvalue weighted by molar-refractivity contribution is 7.87. The van der Waals surface area contributed by atoms with Crippen LogP contribution in [0.2, 0.25) is 0 Å². The number of para-hydroxylation sites is 1. The third kappa shape index (κ3) is 5.53. The van der Waals surface area contributed by atoms with Crippen LogP contribution in [0.3, 0.4) is 0 Å². The van der Waals surface area contributed by atoms with Gasteiger partial charge >= 0.3 is 10.1 Å². The molecule has 148 valence electrons. The third-order valence-electron chi connectivity index (χ3n) is 3.63. The molecule has 0 aliphatic carbocycles. The van der Waals surface area contributed by atoms with Crippen molar-refractivity contribution in [3.63, 3.8) is 0 Å². The largest absolute Gasteiger partial charge is 0.515 e. The molecule has 0 fully saturated rings. The number of hydrogen-bond acceptors (Lipinski definition) is 6. The second-order valence-electron chi connectivity index (χ2n) is 7.19. The molecule has 0 aromatic heterocycles. The smallest absolute Gasteiger partial charge is 0.339 e. The van der Waals surface area contributed by atoms with Crippen LogP contribution in [0, 0.1) is 6.92 Å². The molecule has 0 heterocycles. The predicted octanol–water partition coefficient (Wildman–Crippen LogP) is 4.26. The van der Waals surface area contributed by atoms with E-state index in [9.17, 15) is 18.3 Å². The molecule has 6 nitrogen and oxygen atoms in total. The van der Waals surface area contributed by atoms with E-state index < -0.39 is 21.4 Å². The van der Waals surface area contributed by atoms with Crippen LogP contribution in [0.5, 0.6) is 5.75 Å². The summed E-state index contributed by atoms with van der Waals surface area (Å²) in [5.41, 5.74) is 0.377. The van der Waals surface area contributed by atoms with Gasteiger partial charge in [0.1, 0.15) is 4.90 Å². The van der Waals surface area contributed by atoms with E-state index in [0.717, 1.165) is 5.56 Å². The Morgan fingerprint density at radius 3 is 2.25 bits per heavy atom. The first-order valence-electron chi connectivity index (χ1n) is 8.58. The number of nitrogens with zero attached hydrogens (tertiary/aromatic N) is 1. The van der Waals surface area contributed by atoms with Crippen LogP contribution in [-0.2, 0) is 10.1 Å². The van der Waals surface area contributed by atoms with Crippen LogP contribution in [0.25, 0.3) is 0 Å². The molecular weight excluding hydrogens is 378 g/mol. The van der Waals surface area contributed by atoms with Gasteiger partial charge in [-0.3, -0.25) is 9.79 Å². The first-order valence-corrected chi connectivity index (χ1v) is 9.99. The standard InChI is InChI=1S/C21H23NO5S/c1-15-9-11-17(12-10-15)28(25,26)27-19-8-6-5-7-18(19)20(24)16(14-23)13-22-21(2,3)4/h5-14,23H,1-4H3/b16-14+,22-13?. The molecule has 2 aromatic carbocycles. The van der Waals surface area contributed by atoms with Crippen molar-refractivity contribution in [3.8, 4) is 5.75 Å². The lowest BCUT2D eigenvalue weighted by Crippen LogP contribution is -2.15. The van der Waals surface area contributed by atoms with Crippen molar-refractivity contribution in [3.05, 3.63) is 71.5 Å². The fourth-order valence-electron chi connectivity index (χ4n) is 2.17. The molecule has 0 bridgehead atoms. The summed E-state index contributed by atoms with van der Waals surface area (Å²) in [5.74, 6) is -0.734. The molecule has 0 radical (unpaired) electrons. The summed E-state index contributed by atoms with van der Waals surface area (Å²) in [7, 11) is -4.12. The first kappa shape index (κ1) is 21.4. The summed E-state index contributed by atoms with van der Waals surface area (Å²) in [6, 6.07) is 12.1. The minimum atomic E-state index is -4.12. The minimum Gasteiger partial charge on any atom is -0.515 e. The van der Waals surface area contributed by atoms with Gasteiger partial charge in [-0.1, -0.05) is 29.8 Å².